The molecule has 1 heterocycles. The maximum atomic E-state index is 13.3. The SMILES string of the molecule is CCCCC(=S)C(C)(O)c1cc2cc([N+](=O)[O-])c(C(F)(F)F)cc2n1S(C)(=O)=O. The summed E-state index contributed by atoms with van der Waals surface area (Å²) in [5.74, 6) is 0. The molecular weight excluding hydrogens is 433 g/mol. The summed E-state index contributed by atoms with van der Waals surface area (Å²) in [5, 5.41) is 22.0. The van der Waals surface area contributed by atoms with Crippen molar-refractivity contribution in [3.8, 4) is 0 Å². The van der Waals surface area contributed by atoms with Gasteiger partial charge in [-0.15, -0.1) is 0 Å². The number of alkyl halides is 3. The topological polar surface area (TPSA) is 102 Å². The minimum atomic E-state index is -5.08. The summed E-state index contributed by atoms with van der Waals surface area (Å²) in [5.41, 5.74) is -5.46. The average Bonchev–Trinajstić information content (AvgIpc) is 2.97. The molecule has 160 valence electrons. The van der Waals surface area contributed by atoms with Gasteiger partial charge in [0.2, 0.25) is 10.0 Å². The van der Waals surface area contributed by atoms with Gasteiger partial charge in [0.1, 0.15) is 11.2 Å². The van der Waals surface area contributed by atoms with Crippen LogP contribution in [0.1, 0.15) is 44.4 Å². The van der Waals surface area contributed by atoms with E-state index in [0.717, 1.165) is 18.7 Å². The number of nitro groups is 1. The molecule has 1 aromatic carbocycles. The Bertz CT molecular complexity index is 1090. The molecule has 0 saturated carbocycles. The van der Waals surface area contributed by atoms with Crippen molar-refractivity contribution in [2.45, 2.75) is 44.9 Å². The smallest absolute Gasteiger partial charge is 0.379 e. The molecule has 0 spiro atoms. The third kappa shape index (κ3) is 4.43. The number of benzene rings is 1. The Labute approximate surface area is 170 Å². The molecular formula is C17H19F3N2O5S2. The number of hydrogen-bond donors (Lipinski definition) is 1. The molecule has 0 saturated heterocycles. The molecule has 0 bridgehead atoms. The minimum Gasteiger partial charge on any atom is -0.379 e. The Morgan fingerprint density at radius 2 is 1.90 bits per heavy atom. The number of nitro benzene ring substituents is 1. The van der Waals surface area contributed by atoms with Gasteiger partial charge >= 0.3 is 6.18 Å². The molecule has 2 aromatic rings. The molecule has 7 nitrogen and oxygen atoms in total. The van der Waals surface area contributed by atoms with E-state index in [4.69, 9.17) is 12.2 Å². The lowest BCUT2D eigenvalue weighted by molar-refractivity contribution is -0.387. The first-order valence-corrected chi connectivity index (χ1v) is 10.8. The molecule has 1 atom stereocenters. The zero-order valence-corrected chi connectivity index (χ0v) is 17.4. The van der Waals surface area contributed by atoms with Crippen molar-refractivity contribution in [2.75, 3.05) is 6.26 Å². The summed E-state index contributed by atoms with van der Waals surface area (Å²) in [6.45, 7) is 3.14. The van der Waals surface area contributed by atoms with Gasteiger partial charge in [-0.25, -0.2) is 12.4 Å². The first-order valence-electron chi connectivity index (χ1n) is 8.50. The summed E-state index contributed by atoms with van der Waals surface area (Å²) in [7, 11) is -4.19. The van der Waals surface area contributed by atoms with Crippen LogP contribution >= 0.6 is 12.2 Å². The van der Waals surface area contributed by atoms with Crippen LogP contribution in [-0.4, -0.2) is 33.5 Å². The highest BCUT2D eigenvalue weighted by Gasteiger charge is 2.41. The average molecular weight is 452 g/mol. The molecule has 1 unspecified atom stereocenters. The largest absolute Gasteiger partial charge is 0.423 e. The quantitative estimate of drug-likeness (QED) is 0.385. The van der Waals surface area contributed by atoms with E-state index in [0.29, 0.717) is 22.5 Å². The van der Waals surface area contributed by atoms with E-state index in [1.807, 2.05) is 6.92 Å². The highest BCUT2D eigenvalue weighted by molar-refractivity contribution is 7.89. The molecule has 0 aliphatic heterocycles. The van der Waals surface area contributed by atoms with Gasteiger partial charge in [0.25, 0.3) is 5.69 Å². The molecule has 1 aromatic heterocycles. The summed E-state index contributed by atoms with van der Waals surface area (Å²) >= 11 is 5.23. The molecule has 29 heavy (non-hydrogen) atoms. The van der Waals surface area contributed by atoms with Crippen LogP contribution in [0, 0.1) is 10.1 Å². The normalized spacial score (nSPS) is 14.7. The van der Waals surface area contributed by atoms with E-state index in [1.54, 1.807) is 0 Å². The van der Waals surface area contributed by atoms with Gasteiger partial charge in [0.15, 0.2) is 0 Å². The van der Waals surface area contributed by atoms with Crippen molar-refractivity contribution in [1.29, 1.82) is 0 Å². The fourth-order valence-electron chi connectivity index (χ4n) is 3.02. The van der Waals surface area contributed by atoms with Gasteiger partial charge in [-0.1, -0.05) is 25.6 Å². The number of rotatable bonds is 7. The van der Waals surface area contributed by atoms with Crippen molar-refractivity contribution in [1.82, 2.24) is 3.97 Å². The van der Waals surface area contributed by atoms with E-state index in [-0.39, 0.29) is 22.4 Å². The number of unbranched alkanes of at least 4 members (excludes halogenated alkanes) is 1. The third-order valence-electron chi connectivity index (χ3n) is 4.51. The van der Waals surface area contributed by atoms with E-state index in [9.17, 15) is 36.8 Å². The van der Waals surface area contributed by atoms with Gasteiger partial charge in [0.05, 0.1) is 22.4 Å². The zero-order valence-electron chi connectivity index (χ0n) is 15.8. The standard InChI is InChI=1S/C17H19F3N2O5S2/c1-4-5-6-15(28)16(2,23)14-8-10-7-13(22(24)25)11(17(18,19)20)9-12(10)21(14)29(3,26)27/h7-9,23H,4-6H2,1-3H3. The van der Waals surface area contributed by atoms with E-state index in [1.165, 1.54) is 6.92 Å². The number of aliphatic hydroxyl groups is 1. The van der Waals surface area contributed by atoms with Gasteiger partial charge in [0, 0.05) is 16.3 Å². The van der Waals surface area contributed by atoms with Crippen LogP contribution in [0.2, 0.25) is 0 Å². The third-order valence-corrected chi connectivity index (χ3v) is 6.17. The molecule has 2 rings (SSSR count). The lowest BCUT2D eigenvalue weighted by Crippen LogP contribution is -2.34. The highest BCUT2D eigenvalue weighted by Crippen LogP contribution is 2.41. The highest BCUT2D eigenvalue weighted by atomic mass is 32.2. The minimum absolute atomic E-state index is 0.109. The Balaban J connectivity index is 2.92. The summed E-state index contributed by atoms with van der Waals surface area (Å²) < 4.78 is 65.3. The van der Waals surface area contributed by atoms with Gasteiger partial charge < -0.3 is 5.11 Å². The molecule has 0 radical (unpaired) electrons. The molecule has 0 amide bonds. The molecule has 1 N–H and O–H groups in total. The van der Waals surface area contributed by atoms with E-state index >= 15 is 0 Å². The van der Waals surface area contributed by atoms with Crippen LogP contribution in [0.4, 0.5) is 18.9 Å². The van der Waals surface area contributed by atoms with Crippen LogP contribution in [-0.2, 0) is 21.8 Å². The maximum absolute atomic E-state index is 13.3. The number of nitrogens with zero attached hydrogens (tertiary/aromatic N) is 2. The number of aromatic nitrogens is 1. The lowest BCUT2D eigenvalue weighted by Gasteiger charge is -2.26. The van der Waals surface area contributed by atoms with Crippen LogP contribution < -0.4 is 0 Å². The monoisotopic (exact) mass is 452 g/mol. The number of thiocarbonyl (C=S) groups is 1. The van der Waals surface area contributed by atoms with Gasteiger partial charge in [-0.05, 0) is 31.9 Å². The van der Waals surface area contributed by atoms with Gasteiger partial charge in [-0.2, -0.15) is 13.2 Å². The van der Waals surface area contributed by atoms with Crippen molar-refractivity contribution >= 4 is 43.7 Å². The summed E-state index contributed by atoms with van der Waals surface area (Å²) in [6, 6.07) is 2.17. The van der Waals surface area contributed by atoms with Crippen molar-refractivity contribution in [3.63, 3.8) is 0 Å². The molecule has 0 fully saturated rings. The van der Waals surface area contributed by atoms with Crippen molar-refractivity contribution < 1.29 is 31.6 Å². The van der Waals surface area contributed by atoms with E-state index < -0.39 is 43.5 Å². The molecule has 0 aliphatic rings. The van der Waals surface area contributed by atoms with Crippen molar-refractivity contribution in [2.24, 2.45) is 0 Å². The lowest BCUT2D eigenvalue weighted by atomic mass is 9.94. The maximum Gasteiger partial charge on any atom is 0.423 e. The second-order valence-electron chi connectivity index (χ2n) is 6.84. The Morgan fingerprint density at radius 3 is 2.34 bits per heavy atom. The van der Waals surface area contributed by atoms with Gasteiger partial charge in [-0.3, -0.25) is 10.1 Å². The van der Waals surface area contributed by atoms with Crippen LogP contribution in [0.25, 0.3) is 10.9 Å². The Hall–Kier alpha value is -2.05. The summed E-state index contributed by atoms with van der Waals surface area (Å²) in [4.78, 5) is 10.1. The van der Waals surface area contributed by atoms with Crippen LogP contribution in [0.15, 0.2) is 18.2 Å². The summed E-state index contributed by atoms with van der Waals surface area (Å²) in [6.07, 6.45) is -2.65. The second-order valence-corrected chi connectivity index (χ2v) is 9.16. The fraction of sp³-hybridized carbons (Fsp3) is 0.471. The predicted octanol–water partition coefficient (Wildman–Crippen LogP) is 4.14. The zero-order chi connectivity index (χ0) is 22.4. The molecule has 12 heteroatoms. The first-order chi connectivity index (χ1) is 13.1. The number of fused-ring (bicyclic) bond motifs is 1. The Morgan fingerprint density at radius 1 is 1.31 bits per heavy atom. The van der Waals surface area contributed by atoms with Crippen LogP contribution in [0.3, 0.4) is 0 Å². The Kier molecular flexibility index (Phi) is 6.13. The number of halogens is 3. The predicted molar refractivity (Wildman–Crippen MR) is 106 cm³/mol. The molecule has 0 aliphatic carbocycles. The fourth-order valence-corrected chi connectivity index (χ4v) is 4.37. The second kappa shape index (κ2) is 7.65. The van der Waals surface area contributed by atoms with E-state index in [2.05, 4.69) is 0 Å². The number of hydrogen-bond acceptors (Lipinski definition) is 6. The first kappa shape index (κ1) is 23.2. The van der Waals surface area contributed by atoms with Crippen LogP contribution in [0.5, 0.6) is 0 Å². The van der Waals surface area contributed by atoms with Crippen molar-refractivity contribution in [3.05, 3.63) is 39.6 Å².